The van der Waals surface area contributed by atoms with Crippen molar-refractivity contribution in [2.75, 3.05) is 0 Å². The molecular weight excluding hydrogens is 488 g/mol. The first-order chi connectivity index (χ1) is 18.7. The van der Waals surface area contributed by atoms with Crippen molar-refractivity contribution in [3.05, 3.63) is 132 Å². The Labute approximate surface area is 224 Å². The van der Waals surface area contributed by atoms with Crippen molar-refractivity contribution < 1.29 is 0 Å². The van der Waals surface area contributed by atoms with Gasteiger partial charge in [-0.05, 0) is 43.3 Å². The molecule has 0 radical (unpaired) electrons. The second-order valence-corrected chi connectivity index (χ2v) is 9.76. The third kappa shape index (κ3) is 5.14. The Morgan fingerprint density at radius 3 is 2.32 bits per heavy atom. The largest absolute Gasteiger partial charge is 0.259 e. The van der Waals surface area contributed by atoms with Gasteiger partial charge >= 0.3 is 0 Å². The van der Waals surface area contributed by atoms with Crippen molar-refractivity contribution in [2.45, 2.75) is 6.92 Å². The normalized spacial score (nSPS) is 11.9. The Kier molecular flexibility index (Phi) is 6.57. The van der Waals surface area contributed by atoms with Crippen molar-refractivity contribution >= 4 is 39.3 Å². The summed E-state index contributed by atoms with van der Waals surface area (Å²) < 4.78 is 2.97. The van der Waals surface area contributed by atoms with Crippen LogP contribution in [0.25, 0.3) is 27.2 Å². The molecule has 184 valence electrons. The van der Waals surface area contributed by atoms with Gasteiger partial charge in [-0.2, -0.15) is 10.2 Å². The number of hydrazone groups is 1. The lowest BCUT2D eigenvalue weighted by Gasteiger charge is -2.03. The number of hydrogen-bond donors (Lipinski definition) is 1. The molecule has 7 heteroatoms. The minimum atomic E-state index is 0.586. The predicted octanol–water partition coefficient (Wildman–Crippen LogP) is 7.16. The molecule has 0 atom stereocenters. The zero-order valence-corrected chi connectivity index (χ0v) is 21.5. The van der Waals surface area contributed by atoms with Crippen molar-refractivity contribution in [3.63, 3.8) is 0 Å². The molecule has 2 heterocycles. The highest BCUT2D eigenvalue weighted by Crippen LogP contribution is 2.24. The molecular formula is C31H24N6S. The van der Waals surface area contributed by atoms with Crippen LogP contribution in [0.1, 0.15) is 16.1 Å². The first kappa shape index (κ1) is 23.5. The summed E-state index contributed by atoms with van der Waals surface area (Å²) in [5.41, 5.74) is 9.83. The number of amidine groups is 1. The van der Waals surface area contributed by atoms with Crippen LogP contribution >= 0.6 is 11.3 Å². The van der Waals surface area contributed by atoms with Gasteiger partial charge in [0.2, 0.25) is 0 Å². The van der Waals surface area contributed by atoms with Gasteiger partial charge < -0.3 is 0 Å². The van der Waals surface area contributed by atoms with E-state index in [4.69, 9.17) is 15.1 Å². The Morgan fingerprint density at radius 2 is 1.55 bits per heavy atom. The molecule has 0 aliphatic heterocycles. The van der Waals surface area contributed by atoms with Crippen LogP contribution in [0.2, 0.25) is 0 Å². The maximum atomic E-state index is 4.87. The van der Waals surface area contributed by atoms with Crippen LogP contribution in [-0.2, 0) is 0 Å². The fourth-order valence-electron chi connectivity index (χ4n) is 4.02. The summed E-state index contributed by atoms with van der Waals surface area (Å²) in [6, 6.07) is 36.3. The van der Waals surface area contributed by atoms with Gasteiger partial charge in [0.05, 0.1) is 27.8 Å². The van der Waals surface area contributed by atoms with Crippen LogP contribution in [0.15, 0.2) is 125 Å². The topological polar surface area (TPSA) is 67.5 Å². The second kappa shape index (κ2) is 10.6. The quantitative estimate of drug-likeness (QED) is 0.146. The number of fused-ring (bicyclic) bond motifs is 1. The molecule has 2 aromatic heterocycles. The number of nitrogens with one attached hydrogen (secondary N) is 1. The van der Waals surface area contributed by atoms with Crippen LogP contribution in [0.5, 0.6) is 0 Å². The van der Waals surface area contributed by atoms with E-state index in [0.29, 0.717) is 5.84 Å². The Morgan fingerprint density at radius 1 is 0.842 bits per heavy atom. The number of rotatable bonds is 6. The highest BCUT2D eigenvalue weighted by molar-refractivity contribution is 7.20. The highest BCUT2D eigenvalue weighted by Gasteiger charge is 2.13. The lowest BCUT2D eigenvalue weighted by atomic mass is 10.1. The second-order valence-electron chi connectivity index (χ2n) is 8.73. The SMILES string of the molecule is Cc1ccc(N=C(NN=Cc2cn(-c3ccccc3)nc2-c2ccccc2)c2nc3ccccc3s2)cc1. The summed E-state index contributed by atoms with van der Waals surface area (Å²) in [7, 11) is 0. The molecule has 0 fully saturated rings. The molecule has 0 unspecified atom stereocenters. The van der Waals surface area contributed by atoms with Gasteiger partial charge in [-0.1, -0.05) is 78.4 Å². The Balaban J connectivity index is 1.37. The van der Waals surface area contributed by atoms with Crippen LogP contribution < -0.4 is 5.43 Å². The van der Waals surface area contributed by atoms with E-state index < -0.39 is 0 Å². The standard InChI is InChI=1S/C31H24N6S/c1-22-16-18-25(19-17-22)33-30(31-34-27-14-8-9-15-28(27)38-31)35-32-20-24-21-37(26-12-6-3-7-13-26)36-29(24)23-10-4-2-5-11-23/h2-21H,1H3,(H,33,35). The highest BCUT2D eigenvalue weighted by atomic mass is 32.1. The molecule has 1 N–H and O–H groups in total. The van der Waals surface area contributed by atoms with E-state index in [0.717, 1.165) is 43.4 Å². The van der Waals surface area contributed by atoms with Gasteiger partial charge in [-0.15, -0.1) is 11.3 Å². The zero-order chi connectivity index (χ0) is 25.7. The Hall–Kier alpha value is -4.88. The van der Waals surface area contributed by atoms with E-state index in [2.05, 4.69) is 23.5 Å². The fraction of sp³-hybridized carbons (Fsp3) is 0.0323. The average Bonchev–Trinajstić information content (AvgIpc) is 3.59. The zero-order valence-electron chi connectivity index (χ0n) is 20.7. The smallest absolute Gasteiger partial charge is 0.183 e. The molecule has 0 amide bonds. The van der Waals surface area contributed by atoms with Crippen molar-refractivity contribution in [3.8, 4) is 16.9 Å². The van der Waals surface area contributed by atoms with Crippen molar-refractivity contribution in [1.29, 1.82) is 0 Å². The third-order valence-corrected chi connectivity index (χ3v) is 7.00. The fourth-order valence-corrected chi connectivity index (χ4v) is 4.93. The lowest BCUT2D eigenvalue weighted by molar-refractivity contribution is 0.884. The van der Waals surface area contributed by atoms with Crippen LogP contribution in [0.4, 0.5) is 5.69 Å². The first-order valence-corrected chi connectivity index (χ1v) is 13.1. The van der Waals surface area contributed by atoms with E-state index in [-0.39, 0.29) is 0 Å². The molecule has 6 aromatic rings. The van der Waals surface area contributed by atoms with Gasteiger partial charge in [-0.25, -0.2) is 14.7 Å². The third-order valence-electron chi connectivity index (χ3n) is 5.96. The lowest BCUT2D eigenvalue weighted by Crippen LogP contribution is -2.18. The molecule has 0 spiro atoms. The summed E-state index contributed by atoms with van der Waals surface area (Å²) in [6.45, 7) is 2.06. The monoisotopic (exact) mass is 512 g/mol. The van der Waals surface area contributed by atoms with E-state index in [1.807, 2.05) is 114 Å². The maximum Gasteiger partial charge on any atom is 0.183 e. The molecule has 6 rings (SSSR count). The van der Waals surface area contributed by atoms with Gasteiger partial charge in [-0.3, -0.25) is 5.43 Å². The number of aryl methyl sites for hydroxylation is 1. The van der Waals surface area contributed by atoms with Crippen LogP contribution in [0, 0.1) is 6.92 Å². The molecule has 6 nitrogen and oxygen atoms in total. The van der Waals surface area contributed by atoms with Crippen LogP contribution in [0.3, 0.4) is 0 Å². The first-order valence-electron chi connectivity index (χ1n) is 12.2. The predicted molar refractivity (Wildman–Crippen MR) is 157 cm³/mol. The van der Waals surface area contributed by atoms with Gasteiger partial charge in [0, 0.05) is 17.3 Å². The molecule has 0 aliphatic rings. The van der Waals surface area contributed by atoms with Crippen molar-refractivity contribution in [2.24, 2.45) is 10.1 Å². The number of aromatic nitrogens is 3. The van der Waals surface area contributed by atoms with Crippen molar-refractivity contribution in [1.82, 2.24) is 20.2 Å². The summed E-state index contributed by atoms with van der Waals surface area (Å²) in [5.74, 6) is 0.586. The average molecular weight is 513 g/mol. The molecule has 0 bridgehead atoms. The molecule has 0 aliphatic carbocycles. The maximum absolute atomic E-state index is 4.87. The van der Waals surface area contributed by atoms with E-state index in [1.165, 1.54) is 5.56 Å². The van der Waals surface area contributed by atoms with E-state index in [9.17, 15) is 0 Å². The molecule has 38 heavy (non-hydrogen) atoms. The van der Waals surface area contributed by atoms with E-state index >= 15 is 0 Å². The number of aliphatic imine (C=N–C) groups is 1. The summed E-state index contributed by atoms with van der Waals surface area (Å²) in [6.07, 6.45) is 3.77. The summed E-state index contributed by atoms with van der Waals surface area (Å²) in [5, 5.41) is 10.2. The number of thiazole rings is 1. The molecule has 0 saturated carbocycles. The van der Waals surface area contributed by atoms with Gasteiger partial charge in [0.25, 0.3) is 0 Å². The number of nitrogens with zero attached hydrogens (tertiary/aromatic N) is 5. The molecule has 4 aromatic carbocycles. The van der Waals surface area contributed by atoms with Crippen LogP contribution in [-0.4, -0.2) is 26.8 Å². The number of benzene rings is 4. The Bertz CT molecular complexity index is 1700. The molecule has 0 saturated heterocycles. The van der Waals surface area contributed by atoms with Gasteiger partial charge in [0.1, 0.15) is 5.69 Å². The number of para-hydroxylation sites is 2. The minimum Gasteiger partial charge on any atom is -0.259 e. The minimum absolute atomic E-state index is 0.586. The van der Waals surface area contributed by atoms with Gasteiger partial charge in [0.15, 0.2) is 10.8 Å². The summed E-state index contributed by atoms with van der Waals surface area (Å²) >= 11 is 1.58. The van der Waals surface area contributed by atoms with E-state index in [1.54, 1.807) is 17.6 Å². The summed E-state index contributed by atoms with van der Waals surface area (Å²) in [4.78, 5) is 9.64. The number of hydrogen-bond acceptors (Lipinski definition) is 5.